The number of carboxylic acids is 1. The van der Waals surface area contributed by atoms with E-state index in [0.29, 0.717) is 5.02 Å². The highest BCUT2D eigenvalue weighted by atomic mass is 35.5. The van der Waals surface area contributed by atoms with Gasteiger partial charge in [0.25, 0.3) is 5.91 Å². The number of nitrogens with one attached hydrogen (secondary N) is 2. The topological polar surface area (TPSA) is 95.5 Å². The highest BCUT2D eigenvalue weighted by molar-refractivity contribution is 6.42. The maximum absolute atomic E-state index is 11.9. The van der Waals surface area contributed by atoms with Crippen LogP contribution in [0.3, 0.4) is 0 Å². The van der Waals surface area contributed by atoms with Crippen LogP contribution in [0.15, 0.2) is 18.2 Å². The smallest absolute Gasteiger partial charge is 0.326 e. The van der Waals surface area contributed by atoms with Crippen molar-refractivity contribution in [2.75, 3.05) is 6.54 Å². The molecule has 1 saturated carbocycles. The molecule has 2 amide bonds. The number of amides is 2. The van der Waals surface area contributed by atoms with Gasteiger partial charge in [0.2, 0.25) is 5.91 Å². The van der Waals surface area contributed by atoms with E-state index < -0.39 is 23.8 Å². The number of carbonyl (C=O) groups excluding carboxylic acids is 2. The average Bonchev–Trinajstić information content (AvgIpc) is 3.29. The van der Waals surface area contributed by atoms with E-state index in [1.54, 1.807) is 0 Å². The molecule has 0 radical (unpaired) electrons. The molecule has 118 valence electrons. The van der Waals surface area contributed by atoms with Gasteiger partial charge in [0.15, 0.2) is 0 Å². The molecule has 2 rings (SSSR count). The Morgan fingerprint density at radius 1 is 1.23 bits per heavy atom. The van der Waals surface area contributed by atoms with Crippen LogP contribution in [-0.4, -0.2) is 35.5 Å². The van der Waals surface area contributed by atoms with E-state index in [2.05, 4.69) is 10.6 Å². The number of carboxylic acid groups (broad SMARTS) is 1. The molecule has 1 aliphatic rings. The number of hydrogen-bond donors (Lipinski definition) is 3. The number of carbonyl (C=O) groups is 3. The van der Waals surface area contributed by atoms with E-state index >= 15 is 0 Å². The van der Waals surface area contributed by atoms with E-state index in [1.807, 2.05) is 0 Å². The number of hydrogen-bond acceptors (Lipinski definition) is 3. The van der Waals surface area contributed by atoms with Crippen molar-refractivity contribution in [1.82, 2.24) is 10.6 Å². The molecule has 1 atom stereocenters. The third-order valence-electron chi connectivity index (χ3n) is 3.27. The first-order valence-electron chi connectivity index (χ1n) is 6.64. The fourth-order valence-electron chi connectivity index (χ4n) is 1.94. The van der Waals surface area contributed by atoms with Crippen molar-refractivity contribution in [2.24, 2.45) is 5.92 Å². The first-order valence-corrected chi connectivity index (χ1v) is 7.39. The summed E-state index contributed by atoms with van der Waals surface area (Å²) in [6.07, 6.45) is 1.57. The molecule has 3 N–H and O–H groups in total. The third-order valence-corrected chi connectivity index (χ3v) is 4.01. The highest BCUT2D eigenvalue weighted by Gasteiger charge is 2.37. The second kappa shape index (κ2) is 6.98. The maximum Gasteiger partial charge on any atom is 0.326 e. The van der Waals surface area contributed by atoms with Crippen LogP contribution in [0.4, 0.5) is 0 Å². The third kappa shape index (κ3) is 4.35. The number of rotatable bonds is 6. The van der Waals surface area contributed by atoms with Crippen molar-refractivity contribution >= 4 is 41.0 Å². The lowest BCUT2D eigenvalue weighted by Crippen LogP contribution is -2.46. The van der Waals surface area contributed by atoms with E-state index in [1.165, 1.54) is 18.2 Å². The summed E-state index contributed by atoms with van der Waals surface area (Å²) < 4.78 is 0. The van der Waals surface area contributed by atoms with Gasteiger partial charge in [-0.2, -0.15) is 0 Å². The minimum Gasteiger partial charge on any atom is -0.480 e. The van der Waals surface area contributed by atoms with Gasteiger partial charge in [-0.1, -0.05) is 23.2 Å². The van der Waals surface area contributed by atoms with Crippen molar-refractivity contribution in [3.05, 3.63) is 33.8 Å². The van der Waals surface area contributed by atoms with Crippen molar-refractivity contribution < 1.29 is 19.5 Å². The molecule has 0 aliphatic heterocycles. The predicted molar refractivity (Wildman–Crippen MR) is 81.1 cm³/mol. The number of benzene rings is 1. The van der Waals surface area contributed by atoms with E-state index in [9.17, 15) is 14.4 Å². The number of aliphatic carboxylic acids is 1. The Balaban J connectivity index is 1.86. The zero-order chi connectivity index (χ0) is 16.3. The minimum absolute atomic E-state index is 0.0211. The monoisotopic (exact) mass is 344 g/mol. The van der Waals surface area contributed by atoms with Crippen molar-refractivity contribution in [3.8, 4) is 0 Å². The van der Waals surface area contributed by atoms with Crippen LogP contribution in [0, 0.1) is 5.92 Å². The second-order valence-corrected chi connectivity index (χ2v) is 5.85. The van der Waals surface area contributed by atoms with Crippen molar-refractivity contribution in [1.29, 1.82) is 0 Å². The fourth-order valence-corrected chi connectivity index (χ4v) is 2.23. The molecule has 0 spiro atoms. The standard InChI is InChI=1S/C14H14Cl2N2O4/c15-9-4-3-8(5-10(9)16)13(20)17-6-11(19)18-12(14(21)22)7-1-2-7/h3-5,7,12H,1-2,6H2,(H,17,20)(H,18,19)(H,21,22). The molecule has 1 aromatic carbocycles. The summed E-state index contributed by atoms with van der Waals surface area (Å²) in [6.45, 7) is -0.310. The number of halogens is 2. The molecule has 0 aromatic heterocycles. The summed E-state index contributed by atoms with van der Waals surface area (Å²) in [7, 11) is 0. The fraction of sp³-hybridized carbons (Fsp3) is 0.357. The normalized spacial score (nSPS) is 15.0. The van der Waals surface area contributed by atoms with Gasteiger partial charge in [-0.3, -0.25) is 9.59 Å². The molecular formula is C14H14Cl2N2O4. The molecule has 1 unspecified atom stereocenters. The van der Waals surface area contributed by atoms with Crippen LogP contribution in [0.25, 0.3) is 0 Å². The van der Waals surface area contributed by atoms with Gasteiger partial charge in [-0.15, -0.1) is 0 Å². The predicted octanol–water partition coefficient (Wildman–Crippen LogP) is 1.70. The minimum atomic E-state index is -1.06. The molecule has 1 aromatic rings. The van der Waals surface area contributed by atoms with Crippen LogP contribution in [-0.2, 0) is 9.59 Å². The second-order valence-electron chi connectivity index (χ2n) is 5.03. The zero-order valence-corrected chi connectivity index (χ0v) is 12.9. The van der Waals surface area contributed by atoms with Gasteiger partial charge < -0.3 is 15.7 Å². The van der Waals surface area contributed by atoms with Gasteiger partial charge in [0.05, 0.1) is 16.6 Å². The molecule has 1 fully saturated rings. The van der Waals surface area contributed by atoms with E-state index in [-0.39, 0.29) is 23.0 Å². The lowest BCUT2D eigenvalue weighted by molar-refractivity contribution is -0.142. The summed E-state index contributed by atoms with van der Waals surface area (Å²) in [4.78, 5) is 34.6. The Kier molecular flexibility index (Phi) is 5.26. The lowest BCUT2D eigenvalue weighted by Gasteiger charge is -2.13. The Hall–Kier alpha value is -1.79. The summed E-state index contributed by atoms with van der Waals surface area (Å²) in [6, 6.07) is 3.45. The highest BCUT2D eigenvalue weighted by Crippen LogP contribution is 2.32. The SMILES string of the molecule is O=C(CNC(=O)c1ccc(Cl)c(Cl)c1)NC(C(=O)O)C1CC1. The van der Waals surface area contributed by atoms with E-state index in [4.69, 9.17) is 28.3 Å². The van der Waals surface area contributed by atoms with Crippen LogP contribution >= 0.6 is 23.2 Å². The zero-order valence-electron chi connectivity index (χ0n) is 11.4. The Labute approximate surface area is 136 Å². The Morgan fingerprint density at radius 2 is 1.91 bits per heavy atom. The lowest BCUT2D eigenvalue weighted by atomic mass is 10.2. The molecular weight excluding hydrogens is 331 g/mol. The summed E-state index contributed by atoms with van der Waals surface area (Å²) in [5.41, 5.74) is 0.263. The Bertz CT molecular complexity index is 617. The molecule has 0 saturated heterocycles. The van der Waals surface area contributed by atoms with Crippen LogP contribution in [0.5, 0.6) is 0 Å². The van der Waals surface area contributed by atoms with Gasteiger partial charge in [-0.25, -0.2) is 4.79 Å². The van der Waals surface area contributed by atoms with Gasteiger partial charge in [0.1, 0.15) is 6.04 Å². The van der Waals surface area contributed by atoms with Crippen LogP contribution < -0.4 is 10.6 Å². The van der Waals surface area contributed by atoms with Gasteiger partial charge >= 0.3 is 5.97 Å². The molecule has 0 heterocycles. The van der Waals surface area contributed by atoms with Gasteiger partial charge in [0, 0.05) is 5.56 Å². The van der Waals surface area contributed by atoms with E-state index in [0.717, 1.165) is 12.8 Å². The molecule has 8 heteroatoms. The first-order chi connectivity index (χ1) is 10.4. The molecule has 0 bridgehead atoms. The van der Waals surface area contributed by atoms with Crippen molar-refractivity contribution in [2.45, 2.75) is 18.9 Å². The van der Waals surface area contributed by atoms with Crippen LogP contribution in [0.1, 0.15) is 23.2 Å². The van der Waals surface area contributed by atoms with Crippen LogP contribution in [0.2, 0.25) is 10.0 Å². The summed E-state index contributed by atoms with van der Waals surface area (Å²) in [5, 5.41) is 14.4. The Morgan fingerprint density at radius 3 is 2.45 bits per heavy atom. The average molecular weight is 345 g/mol. The molecule has 1 aliphatic carbocycles. The van der Waals surface area contributed by atoms with Gasteiger partial charge in [-0.05, 0) is 37.0 Å². The maximum atomic E-state index is 11.9. The summed E-state index contributed by atoms with van der Waals surface area (Å²) >= 11 is 11.6. The summed E-state index contributed by atoms with van der Waals surface area (Å²) in [5.74, 6) is -2.13. The largest absolute Gasteiger partial charge is 0.480 e. The van der Waals surface area contributed by atoms with Crippen molar-refractivity contribution in [3.63, 3.8) is 0 Å². The quantitative estimate of drug-likeness (QED) is 0.731. The molecule has 22 heavy (non-hydrogen) atoms. The molecule has 6 nitrogen and oxygen atoms in total. The first kappa shape index (κ1) is 16.6.